The largest absolute Gasteiger partial charge is 0.496 e. The Balaban J connectivity index is 1.80. The molecule has 0 aliphatic carbocycles. The highest BCUT2D eigenvalue weighted by Gasteiger charge is 2.40. The number of benzene rings is 3. The van der Waals surface area contributed by atoms with E-state index in [1.54, 1.807) is 31.4 Å². The van der Waals surface area contributed by atoms with Crippen LogP contribution in [0.15, 0.2) is 72.4 Å². The van der Waals surface area contributed by atoms with Crippen LogP contribution in [-0.4, -0.2) is 23.8 Å². The molecule has 2 amide bonds. The number of ether oxygens (including phenoxy) is 1. The van der Waals surface area contributed by atoms with Crippen LogP contribution in [-0.2, 0) is 16.1 Å². The third kappa shape index (κ3) is 4.12. The molecule has 0 atom stereocenters. The maximum Gasteiger partial charge on any atom is 0.278 e. The highest BCUT2D eigenvalue weighted by molar-refractivity contribution is 6.37. The number of halogens is 1. The molecule has 5 nitrogen and oxygen atoms in total. The Morgan fingerprint density at radius 3 is 2.38 bits per heavy atom. The minimum Gasteiger partial charge on any atom is -0.496 e. The predicted molar refractivity (Wildman–Crippen MR) is 126 cm³/mol. The molecular formula is C26H23ClN2O3. The van der Waals surface area contributed by atoms with Gasteiger partial charge in [0.1, 0.15) is 11.4 Å². The lowest BCUT2D eigenvalue weighted by molar-refractivity contribution is -0.137. The number of methoxy groups -OCH3 is 1. The third-order valence-electron chi connectivity index (χ3n) is 5.46. The fourth-order valence-corrected chi connectivity index (χ4v) is 3.85. The fourth-order valence-electron chi connectivity index (χ4n) is 3.68. The molecule has 0 saturated carbocycles. The highest BCUT2D eigenvalue weighted by Crippen LogP contribution is 2.36. The first-order valence-electron chi connectivity index (χ1n) is 10.2. The molecule has 0 spiro atoms. The normalized spacial score (nSPS) is 13.7. The lowest BCUT2D eigenvalue weighted by Crippen LogP contribution is -2.32. The molecule has 162 valence electrons. The van der Waals surface area contributed by atoms with Gasteiger partial charge in [-0.3, -0.25) is 14.5 Å². The number of carbonyl (C=O) groups excluding carboxylic acids is 2. The van der Waals surface area contributed by atoms with Crippen LogP contribution in [0, 0.1) is 13.8 Å². The number of para-hydroxylation sites is 1. The molecule has 0 fully saturated rings. The van der Waals surface area contributed by atoms with E-state index in [2.05, 4.69) is 5.32 Å². The molecule has 1 aliphatic heterocycles. The minimum atomic E-state index is -0.393. The monoisotopic (exact) mass is 446 g/mol. The van der Waals surface area contributed by atoms with Crippen LogP contribution in [0.5, 0.6) is 5.75 Å². The van der Waals surface area contributed by atoms with Gasteiger partial charge in [0, 0.05) is 16.3 Å². The number of hydrogen-bond acceptors (Lipinski definition) is 4. The average molecular weight is 447 g/mol. The summed E-state index contributed by atoms with van der Waals surface area (Å²) in [6, 6.07) is 20.3. The molecule has 3 aromatic rings. The zero-order valence-electron chi connectivity index (χ0n) is 18.1. The number of amides is 2. The highest BCUT2D eigenvalue weighted by atomic mass is 35.5. The zero-order chi connectivity index (χ0) is 22.8. The quantitative estimate of drug-likeness (QED) is 0.518. The van der Waals surface area contributed by atoms with Crippen LogP contribution in [0.1, 0.15) is 22.3 Å². The van der Waals surface area contributed by atoms with Gasteiger partial charge in [0.05, 0.1) is 19.2 Å². The van der Waals surface area contributed by atoms with Gasteiger partial charge in [0.25, 0.3) is 11.8 Å². The Kier molecular flexibility index (Phi) is 6.01. The van der Waals surface area contributed by atoms with E-state index in [1.165, 1.54) is 4.90 Å². The molecular weight excluding hydrogens is 424 g/mol. The lowest BCUT2D eigenvalue weighted by atomic mass is 10.0. The van der Waals surface area contributed by atoms with E-state index in [1.807, 2.05) is 56.3 Å². The van der Waals surface area contributed by atoms with Crippen LogP contribution in [0.3, 0.4) is 0 Å². The summed E-state index contributed by atoms with van der Waals surface area (Å²) in [6.45, 7) is 4.08. The molecule has 0 aromatic heterocycles. The Bertz CT molecular complexity index is 1230. The molecule has 0 radical (unpaired) electrons. The summed E-state index contributed by atoms with van der Waals surface area (Å²) >= 11 is 6.18. The maximum atomic E-state index is 13.5. The number of imide groups is 1. The summed E-state index contributed by atoms with van der Waals surface area (Å²) < 4.78 is 5.48. The van der Waals surface area contributed by atoms with Crippen LogP contribution in [0.25, 0.3) is 5.57 Å². The van der Waals surface area contributed by atoms with Crippen molar-refractivity contribution in [3.63, 3.8) is 0 Å². The summed E-state index contributed by atoms with van der Waals surface area (Å²) in [5.41, 5.74) is 4.59. The topological polar surface area (TPSA) is 58.6 Å². The maximum absolute atomic E-state index is 13.5. The Morgan fingerprint density at radius 2 is 1.66 bits per heavy atom. The average Bonchev–Trinajstić information content (AvgIpc) is 3.01. The van der Waals surface area contributed by atoms with Gasteiger partial charge in [-0.1, -0.05) is 65.7 Å². The molecule has 0 unspecified atom stereocenters. The second kappa shape index (κ2) is 8.89. The van der Waals surface area contributed by atoms with E-state index >= 15 is 0 Å². The van der Waals surface area contributed by atoms with Crippen LogP contribution >= 0.6 is 11.6 Å². The first-order chi connectivity index (χ1) is 15.4. The summed E-state index contributed by atoms with van der Waals surface area (Å²) in [4.78, 5) is 28.3. The number of anilines is 1. The standard InChI is InChI=1S/C26H23ClN2O3/c1-16-8-11-18(12-9-16)15-29-25(30)23(20-6-4-5-7-22(20)32-3)24(26(29)31)28-21-14-19(27)13-10-17(21)2/h4-14,28H,15H2,1-3H3. The van der Waals surface area contributed by atoms with Crippen molar-refractivity contribution in [3.8, 4) is 5.75 Å². The molecule has 6 heteroatoms. The molecule has 4 rings (SSSR count). The third-order valence-corrected chi connectivity index (χ3v) is 5.70. The predicted octanol–water partition coefficient (Wildman–Crippen LogP) is 5.36. The van der Waals surface area contributed by atoms with E-state index in [4.69, 9.17) is 16.3 Å². The SMILES string of the molecule is COc1ccccc1C1=C(Nc2cc(Cl)ccc2C)C(=O)N(Cc2ccc(C)cc2)C1=O. The summed E-state index contributed by atoms with van der Waals surface area (Å²) in [5.74, 6) is -0.249. The summed E-state index contributed by atoms with van der Waals surface area (Å²) in [7, 11) is 1.54. The van der Waals surface area contributed by atoms with E-state index < -0.39 is 5.91 Å². The Morgan fingerprint density at radius 1 is 0.938 bits per heavy atom. The van der Waals surface area contributed by atoms with E-state index in [-0.39, 0.29) is 23.7 Å². The number of nitrogens with zero attached hydrogens (tertiary/aromatic N) is 1. The van der Waals surface area contributed by atoms with Crippen molar-refractivity contribution in [1.29, 1.82) is 0 Å². The summed E-state index contributed by atoms with van der Waals surface area (Å²) in [6.07, 6.45) is 0. The van der Waals surface area contributed by atoms with Gasteiger partial charge < -0.3 is 10.1 Å². The number of aryl methyl sites for hydroxylation is 2. The molecule has 3 aromatic carbocycles. The second-order valence-electron chi connectivity index (χ2n) is 7.72. The minimum absolute atomic E-state index is 0.177. The van der Waals surface area contributed by atoms with Gasteiger partial charge in [0.2, 0.25) is 0 Å². The molecule has 32 heavy (non-hydrogen) atoms. The smallest absolute Gasteiger partial charge is 0.278 e. The Hall–Kier alpha value is -3.57. The van der Waals surface area contributed by atoms with Gasteiger partial charge in [0.15, 0.2) is 0 Å². The molecule has 0 saturated heterocycles. The van der Waals surface area contributed by atoms with E-state index in [0.717, 1.165) is 16.7 Å². The Labute approximate surface area is 192 Å². The number of nitrogens with one attached hydrogen (secondary N) is 1. The second-order valence-corrected chi connectivity index (χ2v) is 8.15. The van der Waals surface area contributed by atoms with Gasteiger partial charge >= 0.3 is 0 Å². The first-order valence-corrected chi connectivity index (χ1v) is 10.6. The van der Waals surface area contributed by atoms with Crippen LogP contribution in [0.4, 0.5) is 5.69 Å². The van der Waals surface area contributed by atoms with Crippen molar-refractivity contribution in [2.24, 2.45) is 0 Å². The molecule has 1 N–H and O–H groups in total. The first kappa shape index (κ1) is 21.7. The van der Waals surface area contributed by atoms with Gasteiger partial charge in [-0.15, -0.1) is 0 Å². The number of carbonyl (C=O) groups is 2. The zero-order valence-corrected chi connectivity index (χ0v) is 18.9. The number of rotatable bonds is 6. The van der Waals surface area contributed by atoms with Gasteiger partial charge in [-0.2, -0.15) is 0 Å². The fraction of sp³-hybridized carbons (Fsp3) is 0.154. The van der Waals surface area contributed by atoms with Crippen molar-refractivity contribution >= 4 is 34.7 Å². The van der Waals surface area contributed by atoms with Gasteiger partial charge in [-0.05, 0) is 43.2 Å². The van der Waals surface area contributed by atoms with Crippen LogP contribution in [0.2, 0.25) is 5.02 Å². The molecule has 1 aliphatic rings. The van der Waals surface area contributed by atoms with Crippen LogP contribution < -0.4 is 10.1 Å². The molecule has 0 bridgehead atoms. The van der Waals surface area contributed by atoms with Crippen molar-refractivity contribution in [2.45, 2.75) is 20.4 Å². The lowest BCUT2D eigenvalue weighted by Gasteiger charge is -2.16. The van der Waals surface area contributed by atoms with Crippen molar-refractivity contribution in [2.75, 3.05) is 12.4 Å². The van der Waals surface area contributed by atoms with Crippen molar-refractivity contribution < 1.29 is 14.3 Å². The number of hydrogen-bond donors (Lipinski definition) is 1. The molecule has 1 heterocycles. The van der Waals surface area contributed by atoms with Crippen molar-refractivity contribution in [1.82, 2.24) is 4.90 Å². The van der Waals surface area contributed by atoms with E-state index in [9.17, 15) is 9.59 Å². The van der Waals surface area contributed by atoms with E-state index in [0.29, 0.717) is 22.0 Å². The van der Waals surface area contributed by atoms with Crippen molar-refractivity contribution in [3.05, 3.63) is 99.7 Å². The summed E-state index contributed by atoms with van der Waals surface area (Å²) in [5, 5.41) is 3.72. The van der Waals surface area contributed by atoms with Gasteiger partial charge in [-0.25, -0.2) is 0 Å².